The molecule has 3 unspecified atom stereocenters. The fraction of sp³-hybridized carbons (Fsp3) is 0.896. The van der Waals surface area contributed by atoms with Crippen LogP contribution < -0.4 is 10.2 Å². The second-order valence-electron chi connectivity index (χ2n) is 17.8. The molecule has 57 heavy (non-hydrogen) atoms. The molecule has 0 aliphatic heterocycles. The maximum atomic E-state index is 12.8. The number of rotatable bonds is 44. The first kappa shape index (κ1) is 56.0. The maximum Gasteiger partial charge on any atom is 0.268 e. The third kappa shape index (κ3) is 42.9. The highest BCUT2D eigenvalue weighted by molar-refractivity contribution is 7.45. The van der Waals surface area contributed by atoms with E-state index < -0.39 is 20.0 Å². The summed E-state index contributed by atoms with van der Waals surface area (Å²) in [5.41, 5.74) is 0. The number of aliphatic hydroxyl groups excluding tert-OH is 1. The lowest BCUT2D eigenvalue weighted by Crippen LogP contribution is -2.46. The number of phosphoric acid groups is 1. The number of nitrogens with one attached hydrogen (secondary N) is 1. The Labute approximate surface area is 354 Å². The van der Waals surface area contributed by atoms with Crippen LogP contribution in [-0.4, -0.2) is 68.5 Å². The summed E-state index contributed by atoms with van der Waals surface area (Å²) in [6, 6.07) is -0.828. The summed E-state index contributed by atoms with van der Waals surface area (Å²) >= 11 is 0. The molecule has 0 spiro atoms. The molecule has 1 amide bonds. The van der Waals surface area contributed by atoms with Gasteiger partial charge in [0.15, 0.2) is 0 Å². The Kier molecular flexibility index (Phi) is 39.7. The minimum atomic E-state index is -4.58. The fourth-order valence-electron chi connectivity index (χ4n) is 7.09. The van der Waals surface area contributed by atoms with Crippen LogP contribution in [0.2, 0.25) is 0 Å². The molecule has 8 nitrogen and oxygen atoms in total. The molecule has 3 atom stereocenters. The molecule has 0 aromatic rings. The number of quaternary nitrogens is 1. The number of hydrogen-bond acceptors (Lipinski definition) is 6. The van der Waals surface area contributed by atoms with Crippen molar-refractivity contribution in [2.24, 2.45) is 0 Å². The van der Waals surface area contributed by atoms with Crippen molar-refractivity contribution in [3.05, 3.63) is 24.3 Å². The van der Waals surface area contributed by atoms with E-state index in [0.29, 0.717) is 23.9 Å². The molecule has 2 N–H and O–H groups in total. The quantitative estimate of drug-likeness (QED) is 0.0274. The van der Waals surface area contributed by atoms with Gasteiger partial charge in [0.1, 0.15) is 13.2 Å². The maximum absolute atomic E-state index is 12.8. The van der Waals surface area contributed by atoms with Crippen molar-refractivity contribution in [1.82, 2.24) is 5.32 Å². The number of unbranched alkanes of at least 4 members (excludes halogenated alkanes) is 27. The van der Waals surface area contributed by atoms with Gasteiger partial charge in [0.05, 0.1) is 39.9 Å². The predicted octanol–water partition coefficient (Wildman–Crippen LogP) is 13.1. The monoisotopic (exact) mass is 827 g/mol. The summed E-state index contributed by atoms with van der Waals surface area (Å²) in [7, 11) is 1.28. The van der Waals surface area contributed by atoms with Crippen LogP contribution >= 0.6 is 7.82 Å². The lowest BCUT2D eigenvalue weighted by atomic mass is 10.0. The van der Waals surface area contributed by atoms with Crippen LogP contribution in [0.3, 0.4) is 0 Å². The molecule has 0 bridgehead atoms. The van der Waals surface area contributed by atoms with Gasteiger partial charge in [-0.25, -0.2) is 0 Å². The highest BCUT2D eigenvalue weighted by Gasteiger charge is 2.24. The highest BCUT2D eigenvalue weighted by Crippen LogP contribution is 2.38. The van der Waals surface area contributed by atoms with E-state index in [1.165, 1.54) is 161 Å². The van der Waals surface area contributed by atoms with Crippen LogP contribution in [0.5, 0.6) is 0 Å². The third-order valence-electron chi connectivity index (χ3n) is 11.0. The third-order valence-corrected chi connectivity index (χ3v) is 11.9. The predicted molar refractivity (Wildman–Crippen MR) is 242 cm³/mol. The van der Waals surface area contributed by atoms with Crippen molar-refractivity contribution in [1.29, 1.82) is 0 Å². The number of carbonyl (C=O) groups excluding carboxylic acids is 1. The number of phosphoric ester groups is 1. The number of aliphatic hydroxyl groups is 1. The Morgan fingerprint density at radius 1 is 0.614 bits per heavy atom. The van der Waals surface area contributed by atoms with Gasteiger partial charge < -0.3 is 28.8 Å². The normalized spacial score (nSPS) is 14.4. The zero-order chi connectivity index (χ0) is 42.1. The first-order chi connectivity index (χ1) is 27.5. The molecule has 0 fully saturated rings. The van der Waals surface area contributed by atoms with E-state index in [0.717, 1.165) is 32.1 Å². The van der Waals surface area contributed by atoms with Gasteiger partial charge in [0.25, 0.3) is 7.82 Å². The fourth-order valence-corrected chi connectivity index (χ4v) is 7.81. The molecule has 338 valence electrons. The first-order valence-electron chi connectivity index (χ1n) is 24.2. The molecule has 0 rings (SSSR count). The van der Waals surface area contributed by atoms with Crippen molar-refractivity contribution in [3.8, 4) is 0 Å². The molecule has 0 saturated heterocycles. The average molecular weight is 827 g/mol. The van der Waals surface area contributed by atoms with Gasteiger partial charge in [-0.1, -0.05) is 212 Å². The second-order valence-corrected chi connectivity index (χ2v) is 19.2. The van der Waals surface area contributed by atoms with E-state index in [-0.39, 0.29) is 25.5 Å². The zero-order valence-electron chi connectivity index (χ0n) is 38.3. The van der Waals surface area contributed by atoms with E-state index >= 15 is 0 Å². The average Bonchev–Trinajstić information content (AvgIpc) is 3.16. The Balaban J connectivity index is 4.28. The van der Waals surface area contributed by atoms with Gasteiger partial charge in [-0.2, -0.15) is 0 Å². The van der Waals surface area contributed by atoms with Gasteiger partial charge in [-0.3, -0.25) is 9.36 Å². The lowest BCUT2D eigenvalue weighted by Gasteiger charge is -2.30. The summed E-state index contributed by atoms with van der Waals surface area (Å²) in [5.74, 6) is -0.230. The minimum absolute atomic E-state index is 0.00387. The molecule has 0 aromatic carbocycles. The van der Waals surface area contributed by atoms with Crippen molar-refractivity contribution >= 4 is 13.7 Å². The molecule has 0 radical (unpaired) electrons. The Morgan fingerprint density at radius 2 is 1.02 bits per heavy atom. The number of hydrogen-bond donors (Lipinski definition) is 2. The Bertz CT molecular complexity index is 984. The van der Waals surface area contributed by atoms with Crippen LogP contribution in [0.1, 0.15) is 226 Å². The Morgan fingerprint density at radius 3 is 1.46 bits per heavy atom. The van der Waals surface area contributed by atoms with Gasteiger partial charge >= 0.3 is 0 Å². The van der Waals surface area contributed by atoms with E-state index in [9.17, 15) is 19.4 Å². The van der Waals surface area contributed by atoms with Crippen LogP contribution in [0.15, 0.2) is 24.3 Å². The highest BCUT2D eigenvalue weighted by atomic mass is 31.2. The molecule has 0 aliphatic carbocycles. The van der Waals surface area contributed by atoms with Gasteiger partial charge in [-0.15, -0.1) is 0 Å². The second kappa shape index (κ2) is 40.4. The minimum Gasteiger partial charge on any atom is -0.756 e. The summed E-state index contributed by atoms with van der Waals surface area (Å²) in [4.78, 5) is 25.3. The van der Waals surface area contributed by atoms with Crippen molar-refractivity contribution < 1.29 is 32.9 Å². The molecular weight excluding hydrogens is 732 g/mol. The number of nitrogens with zero attached hydrogens (tertiary/aromatic N) is 1. The smallest absolute Gasteiger partial charge is 0.268 e. The molecule has 0 heterocycles. The molecule has 0 aromatic heterocycles. The Hall–Kier alpha value is -1.02. The van der Waals surface area contributed by atoms with Gasteiger partial charge in [-0.05, 0) is 32.1 Å². The summed E-state index contributed by atoms with van der Waals surface area (Å²) < 4.78 is 23.3. The molecule has 9 heteroatoms. The standard InChI is InChI=1S/C48H95N2O6P/c1-6-8-10-12-14-16-18-20-21-22-23-24-25-26-27-28-30-31-33-35-37-39-41-47(51)46(45-56-57(53,54)55-44-43-50(3,4)5)49-48(52)42-40-38-36-34-32-29-19-17-15-13-11-9-7-2/h29,32,36,38,46-47,51H,6-28,30-31,33-35,37,39-45H2,1-5H3,(H-,49,52,53,54)/b32-29-,38-36-. The molecular formula is C48H95N2O6P. The number of allylic oxidation sites excluding steroid dienone is 4. The van der Waals surface area contributed by atoms with Crippen molar-refractivity contribution in [2.75, 3.05) is 40.9 Å². The largest absolute Gasteiger partial charge is 0.756 e. The van der Waals surface area contributed by atoms with Gasteiger partial charge in [0.2, 0.25) is 5.91 Å². The molecule has 0 saturated carbocycles. The van der Waals surface area contributed by atoms with Crippen molar-refractivity contribution in [3.63, 3.8) is 0 Å². The summed E-state index contributed by atoms with van der Waals surface area (Å²) in [5, 5.41) is 13.9. The van der Waals surface area contributed by atoms with Crippen LogP contribution in [0, 0.1) is 0 Å². The van der Waals surface area contributed by atoms with Crippen LogP contribution in [0.4, 0.5) is 0 Å². The van der Waals surface area contributed by atoms with Crippen LogP contribution in [0.25, 0.3) is 0 Å². The number of likely N-dealkylation sites (N-methyl/N-ethyl adjacent to an activating group) is 1. The van der Waals surface area contributed by atoms with Crippen molar-refractivity contribution in [2.45, 2.75) is 238 Å². The summed E-state index contributed by atoms with van der Waals surface area (Å²) in [6.07, 6.45) is 47.8. The van der Waals surface area contributed by atoms with E-state index in [1.54, 1.807) is 0 Å². The summed E-state index contributed by atoms with van der Waals surface area (Å²) in [6.45, 7) is 4.68. The lowest BCUT2D eigenvalue weighted by molar-refractivity contribution is -0.870. The van der Waals surface area contributed by atoms with Gasteiger partial charge in [0, 0.05) is 6.42 Å². The van der Waals surface area contributed by atoms with E-state index in [4.69, 9.17) is 9.05 Å². The first-order valence-corrected chi connectivity index (χ1v) is 25.6. The van der Waals surface area contributed by atoms with E-state index in [1.807, 2.05) is 27.2 Å². The zero-order valence-corrected chi connectivity index (χ0v) is 39.2. The number of carbonyl (C=O) groups is 1. The molecule has 0 aliphatic rings. The number of amides is 1. The van der Waals surface area contributed by atoms with Crippen LogP contribution in [-0.2, 0) is 18.4 Å². The topological polar surface area (TPSA) is 108 Å². The van der Waals surface area contributed by atoms with E-state index in [2.05, 4.69) is 37.4 Å². The SMILES string of the molecule is CCCCCCCC/C=C\C/C=C\CCC(=O)NC(COP(=O)([O-])OCC[N+](C)(C)C)C(O)CCCCCCCCCCCCCCCCCCCCCCCC.